The second kappa shape index (κ2) is 7.42. The second-order valence-electron chi connectivity index (χ2n) is 9.48. The van der Waals surface area contributed by atoms with E-state index in [1.165, 1.54) is 0 Å². The molecule has 0 heterocycles. The monoisotopic (exact) mass is 342 g/mol. The van der Waals surface area contributed by atoms with Crippen molar-refractivity contribution >= 4 is 11.9 Å². The molecule has 0 saturated heterocycles. The molecule has 0 amide bonds. The maximum Gasteiger partial charge on any atom is 0.311 e. The number of esters is 2. The van der Waals surface area contributed by atoms with E-state index in [9.17, 15) is 14.7 Å². The van der Waals surface area contributed by atoms with Gasteiger partial charge in [0.15, 0.2) is 0 Å². The number of aliphatic hydroxyl groups is 1. The Bertz CT molecular complexity index is 425. The number of rotatable bonds is 5. The average Bonchev–Trinajstić information content (AvgIpc) is 2.77. The van der Waals surface area contributed by atoms with E-state index >= 15 is 0 Å². The highest BCUT2D eigenvalue weighted by molar-refractivity contribution is 5.76. The van der Waals surface area contributed by atoms with Crippen LogP contribution in [0, 0.1) is 28.1 Å². The lowest BCUT2D eigenvalue weighted by molar-refractivity contribution is -0.164. The normalized spacial score (nSPS) is 23.8. The van der Waals surface area contributed by atoms with Crippen LogP contribution in [0.3, 0.4) is 0 Å². The molecule has 5 nitrogen and oxygen atoms in total. The average molecular weight is 342 g/mol. The molecule has 0 radical (unpaired) electrons. The standard InChI is InChI=1S/C19H34O5/c1-13-8-19(9-14(13)10-20,11-23-15(21)17(2,3)4)12-24-16(22)18(5,6)7/h13-14,20H,8-12H2,1-7H3/t13-,14+/m0/s1. The van der Waals surface area contributed by atoms with Gasteiger partial charge in [-0.15, -0.1) is 0 Å². The molecule has 24 heavy (non-hydrogen) atoms. The number of hydrogen-bond donors (Lipinski definition) is 1. The van der Waals surface area contributed by atoms with Gasteiger partial charge < -0.3 is 14.6 Å². The predicted molar refractivity (Wildman–Crippen MR) is 92.2 cm³/mol. The molecule has 1 aliphatic rings. The Morgan fingerprint density at radius 1 is 0.958 bits per heavy atom. The number of ether oxygens (including phenoxy) is 2. The molecular formula is C19H34O5. The molecule has 1 rings (SSSR count). The van der Waals surface area contributed by atoms with Crippen LogP contribution in [0.1, 0.15) is 61.3 Å². The molecule has 0 bridgehead atoms. The van der Waals surface area contributed by atoms with Gasteiger partial charge in [-0.25, -0.2) is 0 Å². The molecule has 1 N–H and O–H groups in total. The van der Waals surface area contributed by atoms with E-state index in [0.717, 1.165) is 6.42 Å². The van der Waals surface area contributed by atoms with Crippen LogP contribution in [0.5, 0.6) is 0 Å². The molecule has 2 atom stereocenters. The Kier molecular flexibility index (Phi) is 6.48. The quantitative estimate of drug-likeness (QED) is 0.777. The topological polar surface area (TPSA) is 72.8 Å². The molecular weight excluding hydrogens is 308 g/mol. The summed E-state index contributed by atoms with van der Waals surface area (Å²) >= 11 is 0. The van der Waals surface area contributed by atoms with Crippen molar-refractivity contribution in [3.05, 3.63) is 0 Å². The first-order valence-electron chi connectivity index (χ1n) is 8.76. The SMILES string of the molecule is C[C@H]1CC(COC(=O)C(C)(C)C)(COC(=O)C(C)(C)C)C[C@@H]1CO. The van der Waals surface area contributed by atoms with Gasteiger partial charge in [0, 0.05) is 12.0 Å². The predicted octanol–water partition coefficient (Wildman–Crippen LogP) is 3.19. The van der Waals surface area contributed by atoms with E-state index in [1.807, 2.05) is 41.5 Å². The van der Waals surface area contributed by atoms with E-state index in [0.29, 0.717) is 12.3 Å². The summed E-state index contributed by atoms with van der Waals surface area (Å²) in [6.45, 7) is 13.5. The molecule has 0 unspecified atom stereocenters. The molecule has 0 aromatic heterocycles. The molecule has 0 aromatic rings. The minimum absolute atomic E-state index is 0.101. The summed E-state index contributed by atoms with van der Waals surface area (Å²) in [4.78, 5) is 24.2. The summed E-state index contributed by atoms with van der Waals surface area (Å²) in [5.41, 5.74) is -1.54. The first-order valence-corrected chi connectivity index (χ1v) is 8.76. The Balaban J connectivity index is 2.82. The summed E-state index contributed by atoms with van der Waals surface area (Å²) < 4.78 is 11.1. The zero-order valence-electron chi connectivity index (χ0n) is 16.3. The summed E-state index contributed by atoms with van der Waals surface area (Å²) in [5.74, 6) is -0.0726. The van der Waals surface area contributed by atoms with Crippen molar-refractivity contribution in [1.29, 1.82) is 0 Å². The van der Waals surface area contributed by atoms with Crippen LogP contribution >= 0.6 is 0 Å². The molecule has 0 aromatic carbocycles. The van der Waals surface area contributed by atoms with Crippen molar-refractivity contribution in [2.45, 2.75) is 61.3 Å². The minimum atomic E-state index is -0.566. The van der Waals surface area contributed by atoms with Gasteiger partial charge in [0.25, 0.3) is 0 Å². The van der Waals surface area contributed by atoms with Crippen LogP contribution in [0.25, 0.3) is 0 Å². The van der Waals surface area contributed by atoms with E-state index in [1.54, 1.807) is 0 Å². The van der Waals surface area contributed by atoms with Crippen LogP contribution < -0.4 is 0 Å². The molecule has 1 saturated carbocycles. The largest absolute Gasteiger partial charge is 0.465 e. The van der Waals surface area contributed by atoms with Crippen LogP contribution in [0.4, 0.5) is 0 Å². The van der Waals surface area contributed by atoms with Crippen LogP contribution in [-0.4, -0.2) is 36.9 Å². The lowest BCUT2D eigenvalue weighted by atomic mass is 9.86. The first kappa shape index (κ1) is 20.9. The van der Waals surface area contributed by atoms with Gasteiger partial charge in [-0.3, -0.25) is 9.59 Å². The van der Waals surface area contributed by atoms with Gasteiger partial charge in [-0.05, 0) is 66.2 Å². The Labute approximate surface area is 146 Å². The number of aliphatic hydroxyl groups excluding tert-OH is 1. The van der Waals surface area contributed by atoms with Crippen molar-refractivity contribution in [2.24, 2.45) is 28.1 Å². The van der Waals surface area contributed by atoms with Crippen molar-refractivity contribution in [2.75, 3.05) is 19.8 Å². The third-order valence-electron chi connectivity index (χ3n) is 4.73. The number of carbonyl (C=O) groups is 2. The molecule has 5 heteroatoms. The zero-order valence-corrected chi connectivity index (χ0v) is 16.3. The van der Waals surface area contributed by atoms with Crippen molar-refractivity contribution in [3.63, 3.8) is 0 Å². The Hall–Kier alpha value is -1.10. The zero-order chi connectivity index (χ0) is 18.8. The first-order chi connectivity index (χ1) is 10.8. The summed E-state index contributed by atoms with van der Waals surface area (Å²) in [5, 5.41) is 9.57. The van der Waals surface area contributed by atoms with Crippen molar-refractivity contribution in [3.8, 4) is 0 Å². The molecule has 1 aliphatic carbocycles. The van der Waals surface area contributed by atoms with Crippen molar-refractivity contribution in [1.82, 2.24) is 0 Å². The maximum absolute atomic E-state index is 12.1. The van der Waals surface area contributed by atoms with Crippen LogP contribution in [0.2, 0.25) is 0 Å². The molecule has 0 spiro atoms. The van der Waals surface area contributed by atoms with Gasteiger partial charge >= 0.3 is 11.9 Å². The Morgan fingerprint density at radius 3 is 1.67 bits per heavy atom. The number of carbonyl (C=O) groups excluding carboxylic acids is 2. The fourth-order valence-corrected chi connectivity index (χ4v) is 3.08. The summed E-state index contributed by atoms with van der Waals surface area (Å²) in [6.07, 6.45) is 1.46. The minimum Gasteiger partial charge on any atom is -0.465 e. The molecule has 1 fully saturated rings. The maximum atomic E-state index is 12.1. The van der Waals surface area contributed by atoms with E-state index in [2.05, 4.69) is 6.92 Å². The van der Waals surface area contributed by atoms with E-state index in [-0.39, 0.29) is 37.7 Å². The summed E-state index contributed by atoms with van der Waals surface area (Å²) in [7, 11) is 0. The van der Waals surface area contributed by atoms with Gasteiger partial charge in [-0.2, -0.15) is 0 Å². The highest BCUT2D eigenvalue weighted by atomic mass is 16.5. The summed E-state index contributed by atoms with van der Waals surface area (Å²) in [6, 6.07) is 0. The van der Waals surface area contributed by atoms with Gasteiger partial charge in [0.1, 0.15) is 13.2 Å². The highest BCUT2D eigenvalue weighted by Crippen LogP contribution is 2.46. The van der Waals surface area contributed by atoms with E-state index < -0.39 is 16.2 Å². The fraction of sp³-hybridized carbons (Fsp3) is 0.895. The third-order valence-corrected chi connectivity index (χ3v) is 4.73. The fourth-order valence-electron chi connectivity index (χ4n) is 3.08. The number of hydrogen-bond acceptors (Lipinski definition) is 5. The Morgan fingerprint density at radius 2 is 1.38 bits per heavy atom. The molecule has 140 valence electrons. The van der Waals surface area contributed by atoms with Gasteiger partial charge in [-0.1, -0.05) is 6.92 Å². The third kappa shape index (κ3) is 5.47. The van der Waals surface area contributed by atoms with Crippen molar-refractivity contribution < 1.29 is 24.2 Å². The van der Waals surface area contributed by atoms with Gasteiger partial charge in [0.2, 0.25) is 0 Å². The lowest BCUT2D eigenvalue weighted by Gasteiger charge is -2.31. The van der Waals surface area contributed by atoms with Crippen LogP contribution in [-0.2, 0) is 19.1 Å². The van der Waals surface area contributed by atoms with Crippen LogP contribution in [0.15, 0.2) is 0 Å². The molecule has 0 aliphatic heterocycles. The lowest BCUT2D eigenvalue weighted by Crippen LogP contribution is -2.36. The second-order valence-corrected chi connectivity index (χ2v) is 9.48. The van der Waals surface area contributed by atoms with E-state index in [4.69, 9.17) is 9.47 Å². The van der Waals surface area contributed by atoms with Gasteiger partial charge in [0.05, 0.1) is 10.8 Å². The smallest absolute Gasteiger partial charge is 0.311 e. The highest BCUT2D eigenvalue weighted by Gasteiger charge is 2.46.